The van der Waals surface area contributed by atoms with Gasteiger partial charge in [0.2, 0.25) is 0 Å². The highest BCUT2D eigenvalue weighted by Crippen LogP contribution is 2.27. The third-order valence-electron chi connectivity index (χ3n) is 4.46. The molecule has 1 aromatic carbocycles. The molecule has 0 N–H and O–H groups in total. The number of carbonyl (C=O) groups is 1. The normalized spacial score (nSPS) is 25.4. The number of ketones is 1. The van der Waals surface area contributed by atoms with E-state index in [0.29, 0.717) is 5.78 Å². The number of benzene rings is 1. The number of allylic oxidation sites excluding steroid dienone is 1. The van der Waals surface area contributed by atoms with Crippen LogP contribution in [0, 0.1) is 5.92 Å². The van der Waals surface area contributed by atoms with Crippen LogP contribution >= 0.6 is 0 Å². The van der Waals surface area contributed by atoms with Crippen molar-refractivity contribution in [2.45, 2.75) is 26.2 Å². The van der Waals surface area contributed by atoms with Gasteiger partial charge in [-0.05, 0) is 48.6 Å². The van der Waals surface area contributed by atoms with Gasteiger partial charge in [0.05, 0.1) is 13.2 Å². The fraction of sp³-hybridized carbons (Fsp3) is 0.500. The van der Waals surface area contributed by atoms with Gasteiger partial charge < -0.3 is 9.64 Å². The van der Waals surface area contributed by atoms with Crippen LogP contribution in [0.5, 0.6) is 0 Å². The van der Waals surface area contributed by atoms with Crippen molar-refractivity contribution in [2.75, 3.05) is 31.2 Å². The lowest BCUT2D eigenvalue weighted by molar-refractivity contribution is -0.119. The fourth-order valence-electron chi connectivity index (χ4n) is 3.12. The third-order valence-corrected chi connectivity index (χ3v) is 4.46. The molecule has 0 radical (unpaired) electrons. The monoisotopic (exact) mass is 285 g/mol. The number of rotatable bonds is 2. The maximum absolute atomic E-state index is 12.2. The van der Waals surface area contributed by atoms with Gasteiger partial charge in [-0.15, -0.1) is 0 Å². The van der Waals surface area contributed by atoms with Crippen molar-refractivity contribution in [1.82, 2.24) is 0 Å². The number of carbonyl (C=O) groups excluding carboxylic acids is 1. The molecule has 3 rings (SSSR count). The molecule has 1 atom stereocenters. The quantitative estimate of drug-likeness (QED) is 0.781. The van der Waals surface area contributed by atoms with Gasteiger partial charge in [0.25, 0.3) is 0 Å². The molecule has 21 heavy (non-hydrogen) atoms. The van der Waals surface area contributed by atoms with Crippen LogP contribution in [0.4, 0.5) is 5.69 Å². The molecule has 0 aromatic heterocycles. The predicted molar refractivity (Wildman–Crippen MR) is 85.5 cm³/mol. The summed E-state index contributed by atoms with van der Waals surface area (Å²) in [6, 6.07) is 8.53. The maximum atomic E-state index is 12.2. The zero-order valence-corrected chi connectivity index (χ0v) is 12.7. The minimum atomic E-state index is 0.192. The Morgan fingerprint density at radius 2 is 1.90 bits per heavy atom. The molecule has 0 bridgehead atoms. The van der Waals surface area contributed by atoms with Crippen LogP contribution < -0.4 is 4.90 Å². The second kappa shape index (κ2) is 6.44. The summed E-state index contributed by atoms with van der Waals surface area (Å²) < 4.78 is 5.38. The third kappa shape index (κ3) is 3.35. The van der Waals surface area contributed by atoms with E-state index in [2.05, 4.69) is 35.2 Å². The molecular weight excluding hydrogens is 262 g/mol. The summed E-state index contributed by atoms with van der Waals surface area (Å²) >= 11 is 0. The zero-order chi connectivity index (χ0) is 14.7. The summed E-state index contributed by atoms with van der Waals surface area (Å²) in [7, 11) is 0. The van der Waals surface area contributed by atoms with Crippen LogP contribution in [0.25, 0.3) is 6.08 Å². The Bertz CT molecular complexity index is 527. The standard InChI is InChI=1S/C18H23NO2/c1-14-3-2-4-16(18(14)20)13-15-5-7-17(8-6-15)19-9-11-21-12-10-19/h5-8,13-14H,2-4,9-12H2,1H3/b16-13+/t14-/m1/s1. The largest absolute Gasteiger partial charge is 0.378 e. The highest BCUT2D eigenvalue weighted by atomic mass is 16.5. The first kappa shape index (κ1) is 14.3. The number of nitrogens with zero attached hydrogens (tertiary/aromatic N) is 1. The van der Waals surface area contributed by atoms with Crippen LogP contribution in [-0.4, -0.2) is 32.1 Å². The minimum absolute atomic E-state index is 0.192. The van der Waals surface area contributed by atoms with Crippen molar-refractivity contribution >= 4 is 17.5 Å². The van der Waals surface area contributed by atoms with E-state index in [1.807, 2.05) is 6.92 Å². The van der Waals surface area contributed by atoms with Crippen molar-refractivity contribution in [3.63, 3.8) is 0 Å². The number of hydrogen-bond acceptors (Lipinski definition) is 3. The Labute approximate surface area is 126 Å². The zero-order valence-electron chi connectivity index (χ0n) is 12.7. The average molecular weight is 285 g/mol. The highest BCUT2D eigenvalue weighted by molar-refractivity contribution is 6.01. The topological polar surface area (TPSA) is 29.5 Å². The van der Waals surface area contributed by atoms with Gasteiger partial charge in [0, 0.05) is 24.7 Å². The van der Waals surface area contributed by atoms with Crippen LogP contribution in [0.2, 0.25) is 0 Å². The van der Waals surface area contributed by atoms with E-state index in [-0.39, 0.29) is 5.92 Å². The Balaban J connectivity index is 1.73. The summed E-state index contributed by atoms with van der Waals surface area (Å²) in [6.45, 7) is 5.56. The fourth-order valence-corrected chi connectivity index (χ4v) is 3.12. The van der Waals surface area contributed by atoms with Gasteiger partial charge in [0.15, 0.2) is 5.78 Å². The molecule has 2 aliphatic rings. The first-order valence-corrected chi connectivity index (χ1v) is 7.91. The molecule has 3 nitrogen and oxygen atoms in total. The van der Waals surface area contributed by atoms with Gasteiger partial charge in [-0.2, -0.15) is 0 Å². The molecule has 3 heteroatoms. The molecule has 1 heterocycles. The molecule has 1 saturated heterocycles. The number of morpholine rings is 1. The smallest absolute Gasteiger partial charge is 0.161 e. The molecule has 1 aliphatic heterocycles. The summed E-state index contributed by atoms with van der Waals surface area (Å²) in [5, 5.41) is 0. The Kier molecular flexibility index (Phi) is 4.39. The summed E-state index contributed by atoms with van der Waals surface area (Å²) in [5.74, 6) is 0.524. The van der Waals surface area contributed by atoms with Crippen LogP contribution in [-0.2, 0) is 9.53 Å². The molecule has 0 amide bonds. The molecule has 2 fully saturated rings. The van der Waals surface area contributed by atoms with E-state index in [0.717, 1.165) is 56.7 Å². The lowest BCUT2D eigenvalue weighted by Crippen LogP contribution is -2.36. The van der Waals surface area contributed by atoms with E-state index in [1.54, 1.807) is 0 Å². The van der Waals surface area contributed by atoms with Gasteiger partial charge in [-0.25, -0.2) is 0 Å². The van der Waals surface area contributed by atoms with Crippen LogP contribution in [0.1, 0.15) is 31.7 Å². The van der Waals surface area contributed by atoms with E-state index in [9.17, 15) is 4.79 Å². The van der Waals surface area contributed by atoms with Gasteiger partial charge >= 0.3 is 0 Å². The summed E-state index contributed by atoms with van der Waals surface area (Å²) in [4.78, 5) is 14.5. The lowest BCUT2D eigenvalue weighted by Gasteiger charge is -2.28. The van der Waals surface area contributed by atoms with Crippen molar-refractivity contribution in [3.8, 4) is 0 Å². The van der Waals surface area contributed by atoms with Crippen molar-refractivity contribution in [2.24, 2.45) is 5.92 Å². The van der Waals surface area contributed by atoms with Gasteiger partial charge in [0.1, 0.15) is 0 Å². The molecule has 112 valence electrons. The number of hydrogen-bond donors (Lipinski definition) is 0. The van der Waals surface area contributed by atoms with E-state index in [4.69, 9.17) is 4.74 Å². The molecular formula is C18H23NO2. The van der Waals surface area contributed by atoms with Crippen molar-refractivity contribution in [3.05, 3.63) is 35.4 Å². The molecule has 1 aromatic rings. The maximum Gasteiger partial charge on any atom is 0.161 e. The molecule has 0 spiro atoms. The van der Waals surface area contributed by atoms with Crippen molar-refractivity contribution < 1.29 is 9.53 Å². The second-order valence-electron chi connectivity index (χ2n) is 6.02. The van der Waals surface area contributed by atoms with Crippen LogP contribution in [0.3, 0.4) is 0 Å². The summed E-state index contributed by atoms with van der Waals surface area (Å²) in [5.41, 5.74) is 3.36. The molecule has 0 unspecified atom stereocenters. The SMILES string of the molecule is C[C@@H]1CCC/C(=C\c2ccc(N3CCOCC3)cc2)C1=O. The van der Waals surface area contributed by atoms with Gasteiger partial charge in [-0.3, -0.25) is 4.79 Å². The van der Waals surface area contributed by atoms with Crippen molar-refractivity contribution in [1.29, 1.82) is 0 Å². The van der Waals surface area contributed by atoms with E-state index < -0.39 is 0 Å². The number of Topliss-reactive ketones (excluding diaryl/α,β-unsaturated/α-hetero) is 1. The van der Waals surface area contributed by atoms with Gasteiger partial charge in [-0.1, -0.05) is 19.1 Å². The number of anilines is 1. The summed E-state index contributed by atoms with van der Waals surface area (Å²) in [6.07, 6.45) is 5.16. The first-order chi connectivity index (χ1) is 10.2. The lowest BCUT2D eigenvalue weighted by atomic mass is 9.84. The Hall–Kier alpha value is -1.61. The predicted octanol–water partition coefficient (Wildman–Crippen LogP) is 3.30. The number of ether oxygens (including phenoxy) is 1. The highest BCUT2D eigenvalue weighted by Gasteiger charge is 2.22. The van der Waals surface area contributed by atoms with E-state index in [1.165, 1.54) is 5.69 Å². The molecule has 1 saturated carbocycles. The van der Waals surface area contributed by atoms with E-state index >= 15 is 0 Å². The average Bonchev–Trinajstić information content (AvgIpc) is 2.53. The molecule has 1 aliphatic carbocycles. The minimum Gasteiger partial charge on any atom is -0.378 e. The Morgan fingerprint density at radius 3 is 2.62 bits per heavy atom. The Morgan fingerprint density at radius 1 is 1.19 bits per heavy atom. The first-order valence-electron chi connectivity index (χ1n) is 7.91. The second-order valence-corrected chi connectivity index (χ2v) is 6.02. The van der Waals surface area contributed by atoms with Crippen LogP contribution in [0.15, 0.2) is 29.8 Å².